The number of carboxylic acid groups (broad SMARTS) is 1. The Labute approximate surface area is 112 Å². The smallest absolute Gasteiger partial charge is 0.339 e. The molecule has 0 radical (unpaired) electrons. The molecular formula is C14H18O5. The van der Waals surface area contributed by atoms with Crippen LogP contribution >= 0.6 is 0 Å². The Balaban J connectivity index is 3.51. The molecule has 0 atom stereocenters. The minimum Gasteiger partial charge on any atom is -0.497 e. The van der Waals surface area contributed by atoms with E-state index in [1.165, 1.54) is 20.3 Å². The number of esters is 1. The zero-order valence-electron chi connectivity index (χ0n) is 11.5. The summed E-state index contributed by atoms with van der Waals surface area (Å²) in [5.74, 6) is -1.13. The van der Waals surface area contributed by atoms with Crippen molar-refractivity contribution in [2.45, 2.75) is 20.3 Å². The van der Waals surface area contributed by atoms with E-state index < -0.39 is 11.9 Å². The minimum absolute atomic E-state index is 0.0955. The van der Waals surface area contributed by atoms with Crippen LogP contribution in [-0.4, -0.2) is 31.3 Å². The molecule has 19 heavy (non-hydrogen) atoms. The first-order chi connectivity index (χ1) is 8.90. The van der Waals surface area contributed by atoms with E-state index in [2.05, 4.69) is 4.74 Å². The maximum atomic E-state index is 11.8. The third kappa shape index (κ3) is 3.47. The lowest BCUT2D eigenvalue weighted by atomic mass is 9.94. The molecule has 0 aromatic heterocycles. The number of carbonyl (C=O) groups excluding carboxylic acids is 1. The van der Waals surface area contributed by atoms with Gasteiger partial charge in [0.2, 0.25) is 0 Å². The highest BCUT2D eigenvalue weighted by atomic mass is 16.5. The molecule has 1 N–H and O–H groups in total. The fourth-order valence-electron chi connectivity index (χ4n) is 1.90. The van der Waals surface area contributed by atoms with Crippen molar-refractivity contribution in [1.29, 1.82) is 0 Å². The second-order valence-corrected chi connectivity index (χ2v) is 4.60. The lowest BCUT2D eigenvalue weighted by molar-refractivity contribution is 0.0581. The monoisotopic (exact) mass is 266 g/mol. The SMILES string of the molecule is COC(=O)c1c(CC(C)C)cc(OC)cc1C(=O)O. The summed E-state index contributed by atoms with van der Waals surface area (Å²) in [4.78, 5) is 23.1. The zero-order chi connectivity index (χ0) is 14.6. The van der Waals surface area contributed by atoms with Gasteiger partial charge in [-0.25, -0.2) is 9.59 Å². The van der Waals surface area contributed by atoms with Crippen molar-refractivity contribution in [3.63, 3.8) is 0 Å². The summed E-state index contributed by atoms with van der Waals surface area (Å²) in [5, 5.41) is 9.23. The Bertz CT molecular complexity index is 491. The Morgan fingerprint density at radius 1 is 1.26 bits per heavy atom. The van der Waals surface area contributed by atoms with Crippen molar-refractivity contribution < 1.29 is 24.2 Å². The molecule has 0 amide bonds. The second kappa shape index (κ2) is 6.22. The topological polar surface area (TPSA) is 72.8 Å². The largest absolute Gasteiger partial charge is 0.497 e. The molecule has 0 unspecified atom stereocenters. The van der Waals surface area contributed by atoms with E-state index in [0.29, 0.717) is 17.7 Å². The van der Waals surface area contributed by atoms with E-state index in [0.717, 1.165) is 0 Å². The highest BCUT2D eigenvalue weighted by Gasteiger charge is 2.23. The summed E-state index contributed by atoms with van der Waals surface area (Å²) in [6.45, 7) is 3.97. The van der Waals surface area contributed by atoms with E-state index >= 15 is 0 Å². The highest BCUT2D eigenvalue weighted by Crippen LogP contribution is 2.26. The van der Waals surface area contributed by atoms with Gasteiger partial charge in [0.25, 0.3) is 0 Å². The molecule has 0 spiro atoms. The molecule has 0 fully saturated rings. The molecule has 0 heterocycles. The predicted molar refractivity (Wildman–Crippen MR) is 69.8 cm³/mol. The number of hydrogen-bond acceptors (Lipinski definition) is 4. The molecule has 0 aliphatic carbocycles. The van der Waals surface area contributed by atoms with Crippen LogP contribution in [0.1, 0.15) is 40.1 Å². The van der Waals surface area contributed by atoms with Crippen LogP contribution in [0.3, 0.4) is 0 Å². The number of hydrogen-bond donors (Lipinski definition) is 1. The number of carboxylic acids is 1. The van der Waals surface area contributed by atoms with Crippen LogP contribution < -0.4 is 4.74 Å². The van der Waals surface area contributed by atoms with Gasteiger partial charge < -0.3 is 14.6 Å². The molecule has 1 aromatic carbocycles. The Morgan fingerprint density at radius 2 is 1.89 bits per heavy atom. The van der Waals surface area contributed by atoms with Crippen LogP contribution in [0.4, 0.5) is 0 Å². The summed E-state index contributed by atoms with van der Waals surface area (Å²) in [6.07, 6.45) is 0.571. The Hall–Kier alpha value is -2.04. The average molecular weight is 266 g/mol. The molecule has 5 nitrogen and oxygen atoms in total. The lowest BCUT2D eigenvalue weighted by Crippen LogP contribution is -2.15. The molecule has 0 saturated heterocycles. The van der Waals surface area contributed by atoms with Gasteiger partial charge in [0.1, 0.15) is 5.75 Å². The number of carbonyl (C=O) groups is 2. The third-order valence-corrected chi connectivity index (χ3v) is 2.68. The van der Waals surface area contributed by atoms with Gasteiger partial charge in [-0.1, -0.05) is 13.8 Å². The average Bonchev–Trinajstić information content (AvgIpc) is 2.36. The number of methoxy groups -OCH3 is 2. The van der Waals surface area contributed by atoms with Crippen molar-refractivity contribution in [1.82, 2.24) is 0 Å². The quantitative estimate of drug-likeness (QED) is 0.828. The van der Waals surface area contributed by atoms with E-state index in [-0.39, 0.29) is 17.0 Å². The Kier molecular flexibility index (Phi) is 4.92. The lowest BCUT2D eigenvalue weighted by Gasteiger charge is -2.14. The zero-order valence-corrected chi connectivity index (χ0v) is 11.5. The molecule has 5 heteroatoms. The second-order valence-electron chi connectivity index (χ2n) is 4.60. The van der Waals surface area contributed by atoms with E-state index in [1.54, 1.807) is 6.07 Å². The molecule has 1 rings (SSSR count). The van der Waals surface area contributed by atoms with E-state index in [9.17, 15) is 14.7 Å². The first kappa shape index (κ1) is 15.0. The predicted octanol–water partition coefficient (Wildman–Crippen LogP) is 2.38. The van der Waals surface area contributed by atoms with E-state index in [1.807, 2.05) is 13.8 Å². The molecule has 0 aliphatic heterocycles. The summed E-state index contributed by atoms with van der Waals surface area (Å²) in [5.41, 5.74) is 0.630. The normalized spacial score (nSPS) is 10.4. The molecule has 0 bridgehead atoms. The summed E-state index contributed by atoms with van der Waals surface area (Å²) in [7, 11) is 2.69. The molecule has 0 saturated carbocycles. The van der Waals surface area contributed by atoms with Crippen LogP contribution in [0, 0.1) is 5.92 Å². The van der Waals surface area contributed by atoms with Gasteiger partial charge in [0.05, 0.1) is 25.3 Å². The van der Waals surface area contributed by atoms with Gasteiger partial charge >= 0.3 is 11.9 Å². The van der Waals surface area contributed by atoms with Crippen LogP contribution in [-0.2, 0) is 11.2 Å². The van der Waals surface area contributed by atoms with Crippen LogP contribution in [0.15, 0.2) is 12.1 Å². The number of ether oxygens (including phenoxy) is 2. The summed E-state index contributed by atoms with van der Waals surface area (Å²) >= 11 is 0. The van der Waals surface area contributed by atoms with Gasteiger partial charge in [0, 0.05) is 0 Å². The standard InChI is InChI=1S/C14H18O5/c1-8(2)5-9-6-10(18-3)7-11(13(15)16)12(9)14(17)19-4/h6-8H,5H2,1-4H3,(H,15,16). The Morgan fingerprint density at radius 3 is 2.32 bits per heavy atom. The van der Waals surface area contributed by atoms with Gasteiger partial charge in [-0.15, -0.1) is 0 Å². The first-order valence-corrected chi connectivity index (χ1v) is 5.93. The molecule has 104 valence electrons. The fraction of sp³-hybridized carbons (Fsp3) is 0.429. The number of aromatic carboxylic acids is 1. The summed E-state index contributed by atoms with van der Waals surface area (Å²) in [6, 6.07) is 3.01. The van der Waals surface area contributed by atoms with Crippen molar-refractivity contribution >= 4 is 11.9 Å². The van der Waals surface area contributed by atoms with Crippen molar-refractivity contribution in [2.75, 3.05) is 14.2 Å². The van der Waals surface area contributed by atoms with Gasteiger partial charge in [-0.2, -0.15) is 0 Å². The van der Waals surface area contributed by atoms with Crippen LogP contribution in [0.25, 0.3) is 0 Å². The maximum absolute atomic E-state index is 11.8. The molecule has 1 aromatic rings. The van der Waals surface area contributed by atoms with Gasteiger partial charge in [0.15, 0.2) is 0 Å². The van der Waals surface area contributed by atoms with Crippen LogP contribution in [0.2, 0.25) is 0 Å². The number of benzene rings is 1. The van der Waals surface area contributed by atoms with Crippen molar-refractivity contribution in [3.8, 4) is 5.75 Å². The first-order valence-electron chi connectivity index (χ1n) is 5.93. The van der Waals surface area contributed by atoms with Crippen LogP contribution in [0.5, 0.6) is 5.75 Å². The fourth-order valence-corrected chi connectivity index (χ4v) is 1.90. The van der Waals surface area contributed by atoms with Crippen molar-refractivity contribution in [2.24, 2.45) is 5.92 Å². The maximum Gasteiger partial charge on any atom is 0.339 e. The highest BCUT2D eigenvalue weighted by molar-refractivity contribution is 6.04. The van der Waals surface area contributed by atoms with Gasteiger partial charge in [-0.3, -0.25) is 0 Å². The third-order valence-electron chi connectivity index (χ3n) is 2.68. The summed E-state index contributed by atoms with van der Waals surface area (Å²) < 4.78 is 9.76. The molecule has 0 aliphatic rings. The minimum atomic E-state index is -1.18. The number of rotatable bonds is 5. The van der Waals surface area contributed by atoms with Gasteiger partial charge in [-0.05, 0) is 30.0 Å². The van der Waals surface area contributed by atoms with Crippen molar-refractivity contribution in [3.05, 3.63) is 28.8 Å². The van der Waals surface area contributed by atoms with E-state index in [4.69, 9.17) is 4.74 Å². The molecular weight excluding hydrogens is 248 g/mol.